The zero-order valence-electron chi connectivity index (χ0n) is 25.5. The minimum Gasteiger partial charge on any atom is -0.492 e. The molecule has 2 atom stereocenters. The lowest BCUT2D eigenvalue weighted by molar-refractivity contribution is -0.116. The van der Waals surface area contributed by atoms with Crippen molar-refractivity contribution in [1.29, 1.82) is 5.26 Å². The summed E-state index contributed by atoms with van der Waals surface area (Å²) in [6, 6.07) is 19.6. The van der Waals surface area contributed by atoms with Gasteiger partial charge in [0.05, 0.1) is 46.7 Å². The van der Waals surface area contributed by atoms with Crippen molar-refractivity contribution in [3.05, 3.63) is 70.7 Å². The highest BCUT2D eigenvalue weighted by molar-refractivity contribution is 6.32. The Kier molecular flexibility index (Phi) is 10.3. The van der Waals surface area contributed by atoms with Crippen LogP contribution in [0.15, 0.2) is 59.6 Å². The Morgan fingerprint density at radius 3 is 2.75 bits per heavy atom. The van der Waals surface area contributed by atoms with Gasteiger partial charge in [0.1, 0.15) is 18.1 Å². The fourth-order valence-electron chi connectivity index (χ4n) is 5.49. The van der Waals surface area contributed by atoms with Gasteiger partial charge in [0.15, 0.2) is 0 Å². The van der Waals surface area contributed by atoms with Gasteiger partial charge >= 0.3 is 0 Å². The number of amides is 1. The number of carbonyl (C=O) groups excluding carboxylic acids is 1. The van der Waals surface area contributed by atoms with E-state index in [2.05, 4.69) is 33.0 Å². The minimum absolute atomic E-state index is 0.0800. The number of carbonyl (C=O) groups is 1. The molecule has 0 bridgehead atoms. The van der Waals surface area contributed by atoms with Crippen molar-refractivity contribution in [1.82, 2.24) is 4.90 Å². The number of benzene rings is 3. The summed E-state index contributed by atoms with van der Waals surface area (Å²) in [5.41, 5.74) is 6.29. The molecule has 1 amide bonds. The number of nitriles is 1. The maximum Gasteiger partial charge on any atom is 0.224 e. The Morgan fingerprint density at radius 1 is 1.14 bits per heavy atom. The second-order valence-electron chi connectivity index (χ2n) is 11.3. The zero-order valence-corrected chi connectivity index (χ0v) is 26.2. The summed E-state index contributed by atoms with van der Waals surface area (Å²) in [5.74, 6) is 0.709. The van der Waals surface area contributed by atoms with Crippen molar-refractivity contribution < 1.29 is 14.3 Å². The van der Waals surface area contributed by atoms with Crippen molar-refractivity contribution in [3.8, 4) is 17.6 Å². The average Bonchev–Trinajstić information content (AvgIpc) is 3.01. The van der Waals surface area contributed by atoms with E-state index in [0.717, 1.165) is 54.1 Å². The molecule has 0 saturated heterocycles. The summed E-state index contributed by atoms with van der Waals surface area (Å²) in [4.78, 5) is 19.6. The van der Waals surface area contributed by atoms with Crippen LogP contribution in [0.1, 0.15) is 43.4 Å². The van der Waals surface area contributed by atoms with Crippen LogP contribution in [0.5, 0.6) is 11.5 Å². The molecule has 0 spiro atoms. The van der Waals surface area contributed by atoms with E-state index in [0.29, 0.717) is 48.4 Å². The summed E-state index contributed by atoms with van der Waals surface area (Å²) < 4.78 is 11.9. The predicted octanol–water partition coefficient (Wildman–Crippen LogP) is 6.84. The summed E-state index contributed by atoms with van der Waals surface area (Å²) in [6.07, 6.45) is 2.94. The monoisotopic (exact) mass is 614 g/mol. The van der Waals surface area contributed by atoms with Gasteiger partial charge in [-0.15, -0.1) is 0 Å². The molecule has 3 aromatic rings. The highest BCUT2D eigenvalue weighted by Crippen LogP contribution is 2.42. The zero-order chi connectivity index (χ0) is 31.1. The Balaban J connectivity index is 1.32. The molecule has 0 aromatic heterocycles. The van der Waals surface area contributed by atoms with Crippen LogP contribution in [-0.2, 0) is 11.2 Å². The maximum atomic E-state index is 12.8. The molecule has 5 rings (SSSR count). The van der Waals surface area contributed by atoms with E-state index in [1.54, 1.807) is 0 Å². The standard InChI is InChI=1S/C34H39ClN6O3/c1-4-43-32-18-29-26(17-30(32)40-33(42)10-7-15-41(2)3)34(23(19-36)20-37-29)39-24-13-14-31(27(35)16-24)44-21-25-12-11-22-8-5-6-9-28(22)38-25/h5-6,8-9,13-14,16-18,23,34,37,39H,4,7,10-12,15,20-21H2,1-3H3,(H,40,42). The number of fused-ring (bicyclic) bond motifs is 2. The second kappa shape index (κ2) is 14.5. The van der Waals surface area contributed by atoms with Crippen LogP contribution >= 0.6 is 11.6 Å². The summed E-state index contributed by atoms with van der Waals surface area (Å²) in [7, 11) is 3.97. The molecule has 9 nitrogen and oxygen atoms in total. The van der Waals surface area contributed by atoms with Gasteiger partial charge in [0, 0.05) is 36.0 Å². The van der Waals surface area contributed by atoms with Gasteiger partial charge in [0.25, 0.3) is 0 Å². The number of para-hydroxylation sites is 1. The summed E-state index contributed by atoms with van der Waals surface area (Å²) in [5, 5.41) is 20.4. The molecule has 2 unspecified atom stereocenters. The van der Waals surface area contributed by atoms with Crippen molar-refractivity contribution >= 4 is 46.0 Å². The van der Waals surface area contributed by atoms with Crippen LogP contribution in [0.4, 0.5) is 22.7 Å². The molecule has 0 aliphatic carbocycles. The first-order chi connectivity index (χ1) is 21.3. The molecule has 44 heavy (non-hydrogen) atoms. The molecule has 0 radical (unpaired) electrons. The third-order valence-corrected chi connectivity index (χ3v) is 8.05. The fourth-order valence-corrected chi connectivity index (χ4v) is 5.73. The SMILES string of the molecule is CCOc1cc2c(cc1NC(=O)CCCN(C)C)C(Nc1ccc(OCC3=Nc4ccccc4CC3)c(Cl)c1)C(C#N)CN2. The molecule has 0 saturated carbocycles. The van der Waals surface area contributed by atoms with E-state index < -0.39 is 0 Å². The first-order valence-corrected chi connectivity index (χ1v) is 15.4. The van der Waals surface area contributed by atoms with Crippen LogP contribution in [0.2, 0.25) is 5.02 Å². The van der Waals surface area contributed by atoms with Gasteiger partial charge < -0.3 is 30.3 Å². The number of ether oxygens (including phenoxy) is 2. The normalized spacial score (nSPS) is 17.0. The predicted molar refractivity (Wildman–Crippen MR) is 177 cm³/mol. The van der Waals surface area contributed by atoms with Gasteiger partial charge in [-0.3, -0.25) is 9.79 Å². The van der Waals surface area contributed by atoms with E-state index in [-0.39, 0.29) is 17.9 Å². The van der Waals surface area contributed by atoms with Crippen molar-refractivity contribution in [2.45, 2.75) is 38.6 Å². The molecule has 2 aliphatic rings. The number of hydrogen-bond donors (Lipinski definition) is 3. The third kappa shape index (κ3) is 7.62. The Hall–Kier alpha value is -4.26. The lowest BCUT2D eigenvalue weighted by atomic mass is 9.88. The Morgan fingerprint density at radius 2 is 1.98 bits per heavy atom. The summed E-state index contributed by atoms with van der Waals surface area (Å²) >= 11 is 6.67. The smallest absolute Gasteiger partial charge is 0.224 e. The molecular formula is C34H39ClN6O3. The number of anilines is 3. The molecule has 2 aliphatic heterocycles. The van der Waals surface area contributed by atoms with Gasteiger partial charge in [-0.25, -0.2) is 0 Å². The molecule has 230 valence electrons. The Bertz CT molecular complexity index is 1570. The largest absolute Gasteiger partial charge is 0.492 e. The van der Waals surface area contributed by atoms with Gasteiger partial charge in [-0.05, 0) is 82.7 Å². The van der Waals surface area contributed by atoms with Crippen molar-refractivity contribution in [2.24, 2.45) is 10.9 Å². The quantitative estimate of drug-likeness (QED) is 0.205. The van der Waals surface area contributed by atoms with Crippen molar-refractivity contribution in [3.63, 3.8) is 0 Å². The molecule has 3 aromatic carbocycles. The topological polar surface area (TPSA) is 111 Å². The van der Waals surface area contributed by atoms with Crippen LogP contribution in [0.25, 0.3) is 0 Å². The van der Waals surface area contributed by atoms with E-state index in [9.17, 15) is 10.1 Å². The van der Waals surface area contributed by atoms with E-state index in [1.165, 1.54) is 5.56 Å². The fraction of sp³-hybridized carbons (Fsp3) is 0.382. The summed E-state index contributed by atoms with van der Waals surface area (Å²) in [6.45, 7) is 4.02. The molecule has 2 heterocycles. The maximum absolute atomic E-state index is 12.8. The number of halogens is 1. The first-order valence-electron chi connectivity index (χ1n) is 15.1. The molecule has 3 N–H and O–H groups in total. The number of aryl methyl sites for hydroxylation is 1. The van der Waals surface area contributed by atoms with Crippen LogP contribution < -0.4 is 25.4 Å². The molecule has 10 heteroatoms. The van der Waals surface area contributed by atoms with E-state index >= 15 is 0 Å². The number of nitrogens with one attached hydrogen (secondary N) is 3. The van der Waals surface area contributed by atoms with Crippen molar-refractivity contribution in [2.75, 3.05) is 56.3 Å². The second-order valence-corrected chi connectivity index (χ2v) is 11.7. The lowest BCUT2D eigenvalue weighted by Crippen LogP contribution is -2.31. The molecular weight excluding hydrogens is 576 g/mol. The van der Waals surface area contributed by atoms with E-state index in [1.807, 2.05) is 69.6 Å². The van der Waals surface area contributed by atoms with Gasteiger partial charge in [0.2, 0.25) is 5.91 Å². The Labute approximate surface area is 264 Å². The molecule has 0 fully saturated rings. The highest BCUT2D eigenvalue weighted by Gasteiger charge is 2.31. The number of hydrogen-bond acceptors (Lipinski definition) is 8. The average molecular weight is 615 g/mol. The highest BCUT2D eigenvalue weighted by atomic mass is 35.5. The lowest BCUT2D eigenvalue weighted by Gasteiger charge is -2.33. The minimum atomic E-state index is -0.369. The number of rotatable bonds is 12. The number of aliphatic imine (C=N–C) groups is 1. The van der Waals surface area contributed by atoms with Crippen LogP contribution in [-0.4, -0.2) is 56.9 Å². The van der Waals surface area contributed by atoms with Crippen LogP contribution in [0, 0.1) is 17.2 Å². The van der Waals surface area contributed by atoms with Crippen LogP contribution in [0.3, 0.4) is 0 Å². The third-order valence-electron chi connectivity index (χ3n) is 7.75. The van der Waals surface area contributed by atoms with Gasteiger partial charge in [-0.2, -0.15) is 5.26 Å². The van der Waals surface area contributed by atoms with Gasteiger partial charge in [-0.1, -0.05) is 29.8 Å². The van der Waals surface area contributed by atoms with E-state index in [4.69, 9.17) is 26.1 Å². The number of nitrogens with zero attached hydrogens (tertiary/aromatic N) is 3. The first kappa shape index (κ1) is 31.2.